The molecule has 1 aliphatic heterocycles. The Balaban J connectivity index is 2.30. The Morgan fingerprint density at radius 1 is 1.29 bits per heavy atom. The molecule has 0 bridgehead atoms. The van der Waals surface area contributed by atoms with E-state index in [1.165, 1.54) is 13.8 Å². The van der Waals surface area contributed by atoms with Crippen molar-refractivity contribution in [2.24, 2.45) is 0 Å². The lowest BCUT2D eigenvalue weighted by atomic mass is 10.2. The van der Waals surface area contributed by atoms with Crippen molar-refractivity contribution < 1.29 is 41.0 Å². The van der Waals surface area contributed by atoms with Gasteiger partial charge in [0.15, 0.2) is 21.7 Å². The molecule has 1 fully saturated rings. The molecule has 2 rings (SSSR count). The van der Waals surface area contributed by atoms with Crippen LogP contribution in [0, 0.1) is 0 Å². The smallest absolute Gasteiger partial charge is 0.416 e. The molecule has 1 saturated heterocycles. The van der Waals surface area contributed by atoms with E-state index in [-0.39, 0.29) is 0 Å². The summed E-state index contributed by atoms with van der Waals surface area (Å²) in [5, 5.41) is 9.09. The monoisotopic (exact) mass is 368 g/mol. The third-order valence-corrected chi connectivity index (χ3v) is 5.07. The number of alkyl halides is 3. The maximum absolute atomic E-state index is 12.7. The lowest BCUT2D eigenvalue weighted by Crippen LogP contribution is -2.36. The molecule has 0 spiro atoms. The van der Waals surface area contributed by atoms with Gasteiger partial charge < -0.3 is 14.6 Å². The first-order valence-corrected chi connectivity index (χ1v) is 8.45. The summed E-state index contributed by atoms with van der Waals surface area (Å²) in [6, 6.07) is 3.24. The number of carboxylic acid groups (broad SMARTS) is 1. The van der Waals surface area contributed by atoms with E-state index in [1.807, 2.05) is 0 Å². The minimum atomic E-state index is -4.69. The summed E-state index contributed by atoms with van der Waals surface area (Å²) < 4.78 is 73.2. The number of hydrogen-bond donors (Lipinski definition) is 1. The molecule has 1 N–H and O–H groups in total. The van der Waals surface area contributed by atoms with Crippen LogP contribution in [0.15, 0.2) is 29.2 Å². The molecule has 6 nitrogen and oxygen atoms in total. The summed E-state index contributed by atoms with van der Waals surface area (Å²) in [6.07, 6.45) is -7.55. The van der Waals surface area contributed by atoms with Gasteiger partial charge in [0, 0.05) is 0 Å². The van der Waals surface area contributed by atoms with Crippen LogP contribution in [0.4, 0.5) is 13.2 Å². The van der Waals surface area contributed by atoms with E-state index in [0.717, 1.165) is 18.2 Å². The molecule has 1 aromatic carbocycles. The Bertz CT molecular complexity index is 741. The molecule has 24 heavy (non-hydrogen) atoms. The minimum Gasteiger partial charge on any atom is -0.479 e. The van der Waals surface area contributed by atoms with Gasteiger partial charge in [-0.2, -0.15) is 13.2 Å². The van der Waals surface area contributed by atoms with Gasteiger partial charge >= 0.3 is 12.1 Å². The van der Waals surface area contributed by atoms with Gasteiger partial charge in [-0.05, 0) is 32.0 Å². The van der Waals surface area contributed by atoms with Crippen molar-refractivity contribution >= 4 is 15.8 Å². The highest BCUT2D eigenvalue weighted by atomic mass is 32.2. The molecule has 0 amide bonds. The second-order valence-electron chi connectivity index (χ2n) is 5.74. The Kier molecular flexibility index (Phi) is 4.68. The van der Waals surface area contributed by atoms with Crippen molar-refractivity contribution in [2.45, 2.75) is 42.9 Å². The Labute approximate surface area is 136 Å². The van der Waals surface area contributed by atoms with Crippen LogP contribution >= 0.6 is 0 Å². The van der Waals surface area contributed by atoms with Crippen LogP contribution in [0.2, 0.25) is 0 Å². The highest BCUT2D eigenvalue weighted by Gasteiger charge is 2.47. The molecular weight excluding hydrogens is 353 g/mol. The largest absolute Gasteiger partial charge is 0.479 e. The zero-order chi connectivity index (χ0) is 18.3. The van der Waals surface area contributed by atoms with E-state index in [0.29, 0.717) is 6.07 Å². The van der Waals surface area contributed by atoms with Gasteiger partial charge in [0.25, 0.3) is 0 Å². The first-order chi connectivity index (χ1) is 10.8. The number of halogens is 3. The molecule has 134 valence electrons. The number of hydrogen-bond acceptors (Lipinski definition) is 5. The number of carbonyl (C=O) groups is 1. The average Bonchev–Trinajstić information content (AvgIpc) is 2.72. The molecule has 0 aliphatic carbocycles. The van der Waals surface area contributed by atoms with E-state index in [1.54, 1.807) is 0 Å². The third kappa shape index (κ3) is 4.05. The van der Waals surface area contributed by atoms with Crippen LogP contribution in [0.3, 0.4) is 0 Å². The Morgan fingerprint density at radius 2 is 1.92 bits per heavy atom. The standard InChI is InChI=1S/C14H15F3O6S/c1-13(2)22-10(11(23-13)12(18)19)7-24(20,21)9-5-3-4-8(6-9)14(15,16)17/h3-6,10-11H,7H2,1-2H3,(H,18,19)/t10-,11-/m1/s1. The molecule has 0 saturated carbocycles. The number of sulfone groups is 1. The number of carboxylic acids is 1. The summed E-state index contributed by atoms with van der Waals surface area (Å²) in [7, 11) is -4.21. The molecule has 10 heteroatoms. The molecule has 0 unspecified atom stereocenters. The Hall–Kier alpha value is -1.65. The fraction of sp³-hybridized carbons (Fsp3) is 0.500. The van der Waals surface area contributed by atoms with Gasteiger partial charge in [-0.3, -0.25) is 0 Å². The normalized spacial score (nSPS) is 24.0. The van der Waals surface area contributed by atoms with Gasteiger partial charge in [-0.1, -0.05) is 6.07 Å². The number of benzene rings is 1. The number of ether oxygens (including phenoxy) is 2. The summed E-state index contributed by atoms with van der Waals surface area (Å²) >= 11 is 0. The van der Waals surface area contributed by atoms with E-state index in [4.69, 9.17) is 14.6 Å². The predicted molar refractivity (Wildman–Crippen MR) is 75.0 cm³/mol. The van der Waals surface area contributed by atoms with Crippen molar-refractivity contribution in [3.05, 3.63) is 29.8 Å². The van der Waals surface area contributed by atoms with E-state index in [9.17, 15) is 26.4 Å². The topological polar surface area (TPSA) is 89.9 Å². The second kappa shape index (κ2) is 6.01. The molecule has 1 aromatic rings. The Morgan fingerprint density at radius 3 is 2.46 bits per heavy atom. The number of aliphatic carboxylic acids is 1. The predicted octanol–water partition coefficient (Wildman–Crippen LogP) is 2.08. The molecule has 2 atom stereocenters. The van der Waals surface area contributed by atoms with Crippen molar-refractivity contribution in [3.8, 4) is 0 Å². The van der Waals surface area contributed by atoms with Gasteiger partial charge in [0.05, 0.1) is 16.2 Å². The SMILES string of the molecule is CC1(C)O[C@H](CS(=O)(=O)c2cccc(C(F)(F)F)c2)[C@H](C(=O)O)O1. The van der Waals surface area contributed by atoms with Crippen LogP contribution in [0.5, 0.6) is 0 Å². The van der Waals surface area contributed by atoms with Crippen LogP contribution in [-0.2, 0) is 30.3 Å². The summed E-state index contributed by atoms with van der Waals surface area (Å²) in [5.41, 5.74) is -1.11. The van der Waals surface area contributed by atoms with Crippen LogP contribution in [0.1, 0.15) is 19.4 Å². The molecular formula is C14H15F3O6S. The van der Waals surface area contributed by atoms with Gasteiger partial charge in [0.1, 0.15) is 6.10 Å². The number of rotatable bonds is 4. The van der Waals surface area contributed by atoms with E-state index < -0.39 is 56.2 Å². The maximum Gasteiger partial charge on any atom is 0.416 e. The molecule has 1 heterocycles. The fourth-order valence-electron chi connectivity index (χ4n) is 2.34. The van der Waals surface area contributed by atoms with Crippen LogP contribution < -0.4 is 0 Å². The van der Waals surface area contributed by atoms with E-state index in [2.05, 4.69) is 0 Å². The van der Waals surface area contributed by atoms with Crippen molar-refractivity contribution in [1.29, 1.82) is 0 Å². The van der Waals surface area contributed by atoms with Crippen LogP contribution in [0.25, 0.3) is 0 Å². The minimum absolute atomic E-state index is 0.506. The zero-order valence-corrected chi connectivity index (χ0v) is 13.5. The molecule has 0 radical (unpaired) electrons. The lowest BCUT2D eigenvalue weighted by Gasteiger charge is -2.17. The zero-order valence-electron chi connectivity index (χ0n) is 12.7. The van der Waals surface area contributed by atoms with Gasteiger partial charge in [-0.15, -0.1) is 0 Å². The fourth-order valence-corrected chi connectivity index (χ4v) is 3.81. The quantitative estimate of drug-likeness (QED) is 0.875. The highest BCUT2D eigenvalue weighted by molar-refractivity contribution is 7.91. The lowest BCUT2D eigenvalue weighted by molar-refractivity contribution is -0.165. The molecule has 1 aliphatic rings. The highest BCUT2D eigenvalue weighted by Crippen LogP contribution is 2.33. The van der Waals surface area contributed by atoms with Crippen LogP contribution in [-0.4, -0.2) is 43.2 Å². The van der Waals surface area contributed by atoms with Crippen molar-refractivity contribution in [3.63, 3.8) is 0 Å². The third-order valence-electron chi connectivity index (χ3n) is 3.33. The van der Waals surface area contributed by atoms with Crippen molar-refractivity contribution in [2.75, 3.05) is 5.75 Å². The first kappa shape index (κ1) is 18.7. The maximum atomic E-state index is 12.7. The van der Waals surface area contributed by atoms with Crippen molar-refractivity contribution in [1.82, 2.24) is 0 Å². The summed E-state index contributed by atoms with van der Waals surface area (Å²) in [6.45, 7) is 2.83. The summed E-state index contributed by atoms with van der Waals surface area (Å²) in [5.74, 6) is -3.53. The molecule has 0 aromatic heterocycles. The van der Waals surface area contributed by atoms with Gasteiger partial charge in [-0.25, -0.2) is 13.2 Å². The second-order valence-corrected chi connectivity index (χ2v) is 7.77. The first-order valence-electron chi connectivity index (χ1n) is 6.80. The van der Waals surface area contributed by atoms with Gasteiger partial charge in [0.2, 0.25) is 0 Å². The average molecular weight is 368 g/mol. The summed E-state index contributed by atoms with van der Waals surface area (Å²) in [4.78, 5) is 10.6. The van der Waals surface area contributed by atoms with E-state index >= 15 is 0 Å².